The Labute approximate surface area is 114 Å². The number of hydrogen-bond acceptors (Lipinski definition) is 3. The van der Waals surface area contributed by atoms with Gasteiger partial charge in [0.2, 0.25) is 0 Å². The third-order valence-corrected chi connectivity index (χ3v) is 4.42. The molecule has 3 rings (SSSR count). The topological polar surface area (TPSA) is 27.7 Å². The molecule has 0 N–H and O–H groups in total. The van der Waals surface area contributed by atoms with Crippen molar-refractivity contribution in [1.82, 2.24) is 0 Å². The van der Waals surface area contributed by atoms with Crippen LogP contribution < -0.4 is 9.47 Å². The predicted octanol–water partition coefficient (Wildman–Crippen LogP) is 3.72. The number of para-hydroxylation sites is 1. The molecule has 3 nitrogen and oxygen atoms in total. The Morgan fingerprint density at radius 2 is 2.05 bits per heavy atom. The van der Waals surface area contributed by atoms with E-state index in [0.717, 1.165) is 29.9 Å². The summed E-state index contributed by atoms with van der Waals surface area (Å²) in [6, 6.07) is 6.06. The molecule has 104 valence electrons. The van der Waals surface area contributed by atoms with Crippen LogP contribution in [-0.2, 0) is 4.74 Å². The Morgan fingerprint density at radius 3 is 2.79 bits per heavy atom. The minimum absolute atomic E-state index is 0.123. The fourth-order valence-electron chi connectivity index (χ4n) is 3.35. The first kappa shape index (κ1) is 12.8. The lowest BCUT2D eigenvalue weighted by atomic mass is 9.75. The van der Waals surface area contributed by atoms with Crippen molar-refractivity contribution >= 4 is 0 Å². The molecule has 2 aliphatic rings. The molecule has 0 radical (unpaired) electrons. The third kappa shape index (κ3) is 2.00. The van der Waals surface area contributed by atoms with Crippen molar-refractivity contribution in [3.8, 4) is 11.5 Å². The van der Waals surface area contributed by atoms with Crippen molar-refractivity contribution in [2.24, 2.45) is 5.92 Å². The quantitative estimate of drug-likeness (QED) is 0.772. The highest BCUT2D eigenvalue weighted by Crippen LogP contribution is 2.52. The molecule has 0 saturated carbocycles. The summed E-state index contributed by atoms with van der Waals surface area (Å²) in [6.45, 7) is 6.46. The van der Waals surface area contributed by atoms with Gasteiger partial charge in [-0.3, -0.25) is 0 Å². The van der Waals surface area contributed by atoms with Crippen LogP contribution >= 0.6 is 0 Å². The lowest BCUT2D eigenvalue weighted by molar-refractivity contribution is -0.144. The summed E-state index contributed by atoms with van der Waals surface area (Å²) in [7, 11) is 1.68. The van der Waals surface area contributed by atoms with Crippen LogP contribution in [0, 0.1) is 5.92 Å². The normalized spacial score (nSPS) is 31.9. The van der Waals surface area contributed by atoms with Crippen LogP contribution in [0.1, 0.15) is 45.3 Å². The van der Waals surface area contributed by atoms with Crippen LogP contribution in [0.5, 0.6) is 11.5 Å². The van der Waals surface area contributed by atoms with Gasteiger partial charge in [-0.2, -0.15) is 0 Å². The van der Waals surface area contributed by atoms with E-state index in [1.807, 2.05) is 12.1 Å². The Hall–Kier alpha value is -1.22. The first-order chi connectivity index (χ1) is 9.03. The first-order valence-electron chi connectivity index (χ1n) is 7.04. The van der Waals surface area contributed by atoms with Gasteiger partial charge in [-0.25, -0.2) is 0 Å². The molecule has 0 spiro atoms. The molecule has 2 heterocycles. The Balaban J connectivity index is 2.09. The van der Waals surface area contributed by atoms with E-state index in [2.05, 4.69) is 26.8 Å². The average Bonchev–Trinajstić information content (AvgIpc) is 2.37. The minimum atomic E-state index is -0.216. The number of fused-ring (bicyclic) bond motifs is 3. The standard InChI is InChI=1S/C16H22O3/c1-10-8-9-12-14(18-10)11-6-5-7-13(17-4)15(11)19-16(12,2)3/h5-7,10,12,14H,8-9H2,1-4H3/t10-,12-,14+/m1/s1. The van der Waals surface area contributed by atoms with Gasteiger partial charge < -0.3 is 14.2 Å². The van der Waals surface area contributed by atoms with Crippen LogP contribution in [0.4, 0.5) is 0 Å². The summed E-state index contributed by atoms with van der Waals surface area (Å²) in [5.41, 5.74) is 0.919. The highest BCUT2D eigenvalue weighted by atomic mass is 16.5. The van der Waals surface area contributed by atoms with E-state index < -0.39 is 0 Å². The van der Waals surface area contributed by atoms with Crippen LogP contribution in [0.2, 0.25) is 0 Å². The van der Waals surface area contributed by atoms with Crippen molar-refractivity contribution in [2.45, 2.75) is 51.4 Å². The molecular formula is C16H22O3. The van der Waals surface area contributed by atoms with E-state index in [4.69, 9.17) is 14.2 Å². The Kier molecular flexibility index (Phi) is 2.97. The molecule has 1 aromatic carbocycles. The maximum Gasteiger partial charge on any atom is 0.167 e. The highest BCUT2D eigenvalue weighted by Gasteiger charge is 2.47. The molecule has 19 heavy (non-hydrogen) atoms. The molecule has 0 bridgehead atoms. The maximum absolute atomic E-state index is 6.24. The van der Waals surface area contributed by atoms with Crippen molar-refractivity contribution in [2.75, 3.05) is 7.11 Å². The van der Waals surface area contributed by atoms with Crippen LogP contribution in [-0.4, -0.2) is 18.8 Å². The molecule has 3 atom stereocenters. The van der Waals surface area contributed by atoms with Gasteiger partial charge in [0, 0.05) is 11.5 Å². The van der Waals surface area contributed by atoms with Gasteiger partial charge in [0.1, 0.15) is 5.60 Å². The zero-order valence-electron chi connectivity index (χ0n) is 12.1. The summed E-state index contributed by atoms with van der Waals surface area (Å²) < 4.78 is 17.9. The molecule has 0 amide bonds. The van der Waals surface area contributed by atoms with Crippen molar-refractivity contribution in [3.63, 3.8) is 0 Å². The molecule has 1 saturated heterocycles. The second kappa shape index (κ2) is 4.41. The molecular weight excluding hydrogens is 240 g/mol. The predicted molar refractivity (Wildman–Crippen MR) is 73.7 cm³/mol. The molecule has 0 unspecified atom stereocenters. The number of rotatable bonds is 1. The first-order valence-corrected chi connectivity index (χ1v) is 7.04. The van der Waals surface area contributed by atoms with Gasteiger partial charge in [-0.15, -0.1) is 0 Å². The fourth-order valence-corrected chi connectivity index (χ4v) is 3.35. The minimum Gasteiger partial charge on any atom is -0.493 e. The SMILES string of the molecule is COc1cccc2c1OC(C)(C)[C@@H]1CC[C@@H](C)O[C@@H]21. The Bertz CT molecular complexity index is 481. The number of methoxy groups -OCH3 is 1. The maximum atomic E-state index is 6.24. The van der Waals surface area contributed by atoms with E-state index in [0.29, 0.717) is 12.0 Å². The van der Waals surface area contributed by atoms with Gasteiger partial charge in [0.05, 0.1) is 19.3 Å². The molecule has 0 aliphatic carbocycles. The molecule has 2 aliphatic heterocycles. The third-order valence-electron chi connectivity index (χ3n) is 4.42. The molecule has 3 heteroatoms. The van der Waals surface area contributed by atoms with Gasteiger partial charge in [0.15, 0.2) is 11.5 Å². The van der Waals surface area contributed by atoms with E-state index in [1.165, 1.54) is 0 Å². The van der Waals surface area contributed by atoms with E-state index in [9.17, 15) is 0 Å². The van der Waals surface area contributed by atoms with Gasteiger partial charge in [-0.05, 0) is 39.7 Å². The van der Waals surface area contributed by atoms with Crippen LogP contribution in [0.15, 0.2) is 18.2 Å². The monoisotopic (exact) mass is 262 g/mol. The van der Waals surface area contributed by atoms with Crippen molar-refractivity contribution in [1.29, 1.82) is 0 Å². The number of benzene rings is 1. The van der Waals surface area contributed by atoms with E-state index in [-0.39, 0.29) is 11.7 Å². The lowest BCUT2D eigenvalue weighted by Crippen LogP contribution is -2.48. The lowest BCUT2D eigenvalue weighted by Gasteiger charge is -2.48. The summed E-state index contributed by atoms with van der Waals surface area (Å²) in [4.78, 5) is 0. The molecule has 0 aromatic heterocycles. The second-order valence-electron chi connectivity index (χ2n) is 6.14. The summed E-state index contributed by atoms with van der Waals surface area (Å²) in [5.74, 6) is 2.06. The molecule has 1 fully saturated rings. The zero-order valence-corrected chi connectivity index (χ0v) is 12.1. The summed E-state index contributed by atoms with van der Waals surface area (Å²) in [6.07, 6.45) is 2.69. The van der Waals surface area contributed by atoms with E-state index >= 15 is 0 Å². The van der Waals surface area contributed by atoms with Crippen LogP contribution in [0.3, 0.4) is 0 Å². The second-order valence-corrected chi connectivity index (χ2v) is 6.14. The summed E-state index contributed by atoms with van der Waals surface area (Å²) in [5, 5.41) is 0. The van der Waals surface area contributed by atoms with Gasteiger partial charge in [0.25, 0.3) is 0 Å². The largest absolute Gasteiger partial charge is 0.493 e. The Morgan fingerprint density at radius 1 is 1.26 bits per heavy atom. The van der Waals surface area contributed by atoms with E-state index in [1.54, 1.807) is 7.11 Å². The fraction of sp³-hybridized carbons (Fsp3) is 0.625. The van der Waals surface area contributed by atoms with Gasteiger partial charge >= 0.3 is 0 Å². The smallest absolute Gasteiger partial charge is 0.167 e. The number of hydrogen-bond donors (Lipinski definition) is 0. The van der Waals surface area contributed by atoms with Gasteiger partial charge in [-0.1, -0.05) is 12.1 Å². The number of ether oxygens (including phenoxy) is 3. The average molecular weight is 262 g/mol. The van der Waals surface area contributed by atoms with Crippen LogP contribution in [0.25, 0.3) is 0 Å². The summed E-state index contributed by atoms with van der Waals surface area (Å²) >= 11 is 0. The zero-order chi connectivity index (χ0) is 13.6. The molecule has 1 aromatic rings. The van der Waals surface area contributed by atoms with Crippen molar-refractivity contribution in [3.05, 3.63) is 23.8 Å². The highest BCUT2D eigenvalue weighted by molar-refractivity contribution is 5.50. The van der Waals surface area contributed by atoms with Crippen molar-refractivity contribution < 1.29 is 14.2 Å².